The van der Waals surface area contributed by atoms with Crippen molar-refractivity contribution in [3.63, 3.8) is 0 Å². The predicted octanol–water partition coefficient (Wildman–Crippen LogP) is 10.6. The quantitative estimate of drug-likeness (QED) is 0.197. The van der Waals surface area contributed by atoms with Crippen LogP contribution in [-0.4, -0.2) is 15.0 Å². The molecular formula is C42H29N3. The molecule has 212 valence electrons. The van der Waals surface area contributed by atoms with Crippen LogP contribution in [0, 0.1) is 0 Å². The van der Waals surface area contributed by atoms with Gasteiger partial charge in [-0.25, -0.2) is 15.0 Å². The normalized spacial score (nSPS) is 13.3. The van der Waals surface area contributed by atoms with Crippen LogP contribution in [0.5, 0.6) is 0 Å². The molecule has 0 fully saturated rings. The summed E-state index contributed by atoms with van der Waals surface area (Å²) >= 11 is 0. The zero-order valence-electron chi connectivity index (χ0n) is 25.1. The predicted molar refractivity (Wildman–Crippen MR) is 186 cm³/mol. The molecule has 0 atom stereocenters. The van der Waals surface area contributed by atoms with Crippen LogP contribution in [0.1, 0.15) is 25.0 Å². The first-order valence-electron chi connectivity index (χ1n) is 15.5. The summed E-state index contributed by atoms with van der Waals surface area (Å²) in [6.45, 7) is 4.61. The highest BCUT2D eigenvalue weighted by Gasteiger charge is 2.35. The van der Waals surface area contributed by atoms with Gasteiger partial charge in [-0.2, -0.15) is 0 Å². The van der Waals surface area contributed by atoms with Crippen molar-refractivity contribution in [2.75, 3.05) is 0 Å². The largest absolute Gasteiger partial charge is 0.208 e. The maximum absolute atomic E-state index is 5.18. The smallest absolute Gasteiger partial charge is 0.164 e. The van der Waals surface area contributed by atoms with Gasteiger partial charge in [0, 0.05) is 22.1 Å². The molecule has 0 bridgehead atoms. The molecule has 0 amide bonds. The fourth-order valence-corrected chi connectivity index (χ4v) is 7.24. The van der Waals surface area contributed by atoms with Crippen molar-refractivity contribution in [2.24, 2.45) is 0 Å². The van der Waals surface area contributed by atoms with E-state index in [1.165, 1.54) is 49.2 Å². The van der Waals surface area contributed by atoms with Crippen molar-refractivity contribution in [2.45, 2.75) is 19.3 Å². The Morgan fingerprint density at radius 3 is 1.87 bits per heavy atom. The highest BCUT2D eigenvalue weighted by molar-refractivity contribution is 6.19. The van der Waals surface area contributed by atoms with Crippen LogP contribution in [0.25, 0.3) is 77.6 Å². The Morgan fingerprint density at radius 1 is 0.378 bits per heavy atom. The Morgan fingerprint density at radius 2 is 0.978 bits per heavy atom. The molecule has 1 aromatic heterocycles. The summed E-state index contributed by atoms with van der Waals surface area (Å²) in [6.07, 6.45) is 0. The minimum Gasteiger partial charge on any atom is -0.208 e. The second kappa shape index (κ2) is 9.67. The summed E-state index contributed by atoms with van der Waals surface area (Å²) in [6, 6.07) is 49.6. The third-order valence-corrected chi connectivity index (χ3v) is 9.53. The van der Waals surface area contributed by atoms with E-state index in [1.807, 2.05) is 18.2 Å². The van der Waals surface area contributed by atoms with Gasteiger partial charge in [0.1, 0.15) is 0 Å². The number of fused-ring (bicyclic) bond motifs is 8. The lowest BCUT2D eigenvalue weighted by atomic mass is 9.82. The molecule has 3 heteroatoms. The van der Waals surface area contributed by atoms with Crippen LogP contribution in [-0.2, 0) is 5.41 Å². The van der Waals surface area contributed by atoms with Gasteiger partial charge in [0.2, 0.25) is 0 Å². The average molecular weight is 576 g/mol. The van der Waals surface area contributed by atoms with Crippen molar-refractivity contribution in [3.05, 3.63) is 151 Å². The molecule has 9 rings (SSSR count). The highest BCUT2D eigenvalue weighted by Crippen LogP contribution is 2.49. The first-order valence-corrected chi connectivity index (χ1v) is 15.5. The van der Waals surface area contributed by atoms with Crippen molar-refractivity contribution in [3.8, 4) is 45.3 Å². The number of nitrogens with zero attached hydrogens (tertiary/aromatic N) is 3. The van der Waals surface area contributed by atoms with Crippen LogP contribution in [0.15, 0.2) is 140 Å². The van der Waals surface area contributed by atoms with Gasteiger partial charge >= 0.3 is 0 Å². The summed E-state index contributed by atoms with van der Waals surface area (Å²) in [5, 5.41) is 7.30. The Hall–Kier alpha value is -5.67. The van der Waals surface area contributed by atoms with Gasteiger partial charge in [-0.3, -0.25) is 0 Å². The van der Waals surface area contributed by atoms with Crippen molar-refractivity contribution in [1.29, 1.82) is 0 Å². The summed E-state index contributed by atoms with van der Waals surface area (Å²) in [5.74, 6) is 2.02. The Kier molecular flexibility index (Phi) is 5.54. The van der Waals surface area contributed by atoms with Crippen LogP contribution in [0.2, 0.25) is 0 Å². The lowest BCUT2D eigenvalue weighted by Crippen LogP contribution is -2.15. The number of benzene rings is 7. The number of hydrogen-bond donors (Lipinski definition) is 0. The number of rotatable bonds is 3. The van der Waals surface area contributed by atoms with Gasteiger partial charge in [-0.1, -0.05) is 147 Å². The van der Waals surface area contributed by atoms with Crippen molar-refractivity contribution < 1.29 is 0 Å². The summed E-state index contributed by atoms with van der Waals surface area (Å²) < 4.78 is 0. The van der Waals surface area contributed by atoms with E-state index in [0.717, 1.165) is 22.1 Å². The molecule has 0 radical (unpaired) electrons. The lowest BCUT2D eigenvalue weighted by Gasteiger charge is -2.21. The van der Waals surface area contributed by atoms with Gasteiger partial charge in [0.05, 0.1) is 0 Å². The minimum absolute atomic E-state index is 0.110. The fraction of sp³-hybridized carbons (Fsp3) is 0.0714. The molecule has 45 heavy (non-hydrogen) atoms. The van der Waals surface area contributed by atoms with E-state index in [-0.39, 0.29) is 5.41 Å². The third-order valence-electron chi connectivity index (χ3n) is 9.53. The molecule has 7 aromatic carbocycles. The lowest BCUT2D eigenvalue weighted by molar-refractivity contribution is 0.660. The van der Waals surface area contributed by atoms with Gasteiger partial charge < -0.3 is 0 Å². The first kappa shape index (κ1) is 25.8. The molecule has 1 heterocycles. The molecular weight excluding hydrogens is 546 g/mol. The monoisotopic (exact) mass is 575 g/mol. The van der Waals surface area contributed by atoms with E-state index in [2.05, 4.69) is 135 Å². The van der Waals surface area contributed by atoms with Crippen LogP contribution >= 0.6 is 0 Å². The van der Waals surface area contributed by atoms with E-state index in [4.69, 9.17) is 15.0 Å². The number of aromatic nitrogens is 3. The molecule has 8 aromatic rings. The minimum atomic E-state index is -0.110. The second-order valence-corrected chi connectivity index (χ2v) is 12.5. The van der Waals surface area contributed by atoms with Crippen LogP contribution < -0.4 is 0 Å². The highest BCUT2D eigenvalue weighted by atomic mass is 15.0. The molecule has 1 aliphatic carbocycles. The van der Waals surface area contributed by atoms with Gasteiger partial charge in [0.15, 0.2) is 17.5 Å². The molecule has 0 saturated heterocycles. The average Bonchev–Trinajstić information content (AvgIpc) is 3.33. The molecule has 0 aliphatic heterocycles. The molecule has 0 spiro atoms. The molecule has 0 N–H and O–H groups in total. The van der Waals surface area contributed by atoms with Crippen LogP contribution in [0.4, 0.5) is 0 Å². The third kappa shape index (κ3) is 3.94. The molecule has 0 unspecified atom stereocenters. The first-order chi connectivity index (χ1) is 22.1. The zero-order valence-corrected chi connectivity index (χ0v) is 25.1. The van der Waals surface area contributed by atoms with E-state index in [1.54, 1.807) is 0 Å². The SMILES string of the molecule is CC1(C)c2ccccc2-c2ccc(-c3nc(-c4ccccc4)nc(-c4cccc5c4ccc4c6ccccc6ccc54)n3)cc21. The van der Waals surface area contributed by atoms with Crippen molar-refractivity contribution >= 4 is 32.3 Å². The Labute approximate surface area is 261 Å². The summed E-state index contributed by atoms with van der Waals surface area (Å²) in [7, 11) is 0. The van der Waals surface area contributed by atoms with Gasteiger partial charge in [-0.15, -0.1) is 0 Å². The standard InChI is InChI=1S/C42H29N3/c1-42(2)37-18-9-8-15-34(37)35-22-20-28(25-38(35)42)40-43-39(27-12-4-3-5-13-27)44-41(45-40)36-17-10-16-30-32-21-19-26-11-6-7-14-29(26)31(32)23-24-33(30)36/h3-25H,1-2H3. The summed E-state index contributed by atoms with van der Waals surface area (Å²) in [5.41, 5.74) is 8.09. The maximum Gasteiger partial charge on any atom is 0.164 e. The summed E-state index contributed by atoms with van der Waals surface area (Å²) in [4.78, 5) is 15.3. The zero-order chi connectivity index (χ0) is 30.1. The van der Waals surface area contributed by atoms with Crippen LogP contribution in [0.3, 0.4) is 0 Å². The Balaban J connectivity index is 1.26. The molecule has 1 aliphatic rings. The van der Waals surface area contributed by atoms with E-state index >= 15 is 0 Å². The molecule has 3 nitrogen and oxygen atoms in total. The van der Waals surface area contributed by atoms with E-state index in [0.29, 0.717) is 17.5 Å². The van der Waals surface area contributed by atoms with E-state index in [9.17, 15) is 0 Å². The second-order valence-electron chi connectivity index (χ2n) is 12.5. The number of hydrogen-bond acceptors (Lipinski definition) is 3. The maximum atomic E-state index is 5.18. The van der Waals surface area contributed by atoms with Gasteiger partial charge in [-0.05, 0) is 60.6 Å². The molecule has 0 saturated carbocycles. The van der Waals surface area contributed by atoms with Gasteiger partial charge in [0.25, 0.3) is 0 Å². The van der Waals surface area contributed by atoms with Crippen molar-refractivity contribution in [1.82, 2.24) is 15.0 Å². The van der Waals surface area contributed by atoms with E-state index < -0.39 is 0 Å². The Bertz CT molecular complexity index is 2460. The topological polar surface area (TPSA) is 38.7 Å². The fourth-order valence-electron chi connectivity index (χ4n) is 7.24.